The van der Waals surface area contributed by atoms with Crippen LogP contribution in [-0.2, 0) is 4.79 Å². The first-order valence-corrected chi connectivity index (χ1v) is 3.74. The summed E-state index contributed by atoms with van der Waals surface area (Å²) in [6, 6.07) is -0.246. The number of aliphatic hydroxyl groups excluding tert-OH is 1. The summed E-state index contributed by atoms with van der Waals surface area (Å²) in [5.41, 5.74) is 5.43. The third-order valence-corrected chi connectivity index (χ3v) is 2.08. The highest BCUT2D eigenvalue weighted by Crippen LogP contribution is 2.41. The maximum Gasteiger partial charge on any atom is 0.306 e. The van der Waals surface area contributed by atoms with E-state index in [9.17, 15) is 4.79 Å². The molecule has 1 saturated carbocycles. The van der Waals surface area contributed by atoms with Crippen molar-refractivity contribution in [2.75, 3.05) is 6.61 Å². The molecule has 0 aromatic rings. The molecule has 0 amide bonds. The Morgan fingerprint density at radius 1 is 1.67 bits per heavy atom. The molecule has 0 aliphatic heterocycles. The zero-order chi connectivity index (χ0) is 8.43. The summed E-state index contributed by atoms with van der Waals surface area (Å²) in [5, 5.41) is 17.1. The largest absolute Gasteiger partial charge is 0.481 e. The van der Waals surface area contributed by atoms with Gasteiger partial charge in [-0.3, -0.25) is 4.79 Å². The molecular weight excluding hydrogens is 182 g/mol. The fraction of sp³-hybridized carbons (Fsp3) is 0.857. The van der Waals surface area contributed by atoms with E-state index in [1.165, 1.54) is 0 Å². The quantitative estimate of drug-likeness (QED) is 0.582. The average molecular weight is 196 g/mol. The highest BCUT2D eigenvalue weighted by atomic mass is 35.5. The van der Waals surface area contributed by atoms with Gasteiger partial charge in [0.15, 0.2) is 0 Å². The molecule has 1 fully saturated rings. The molecule has 4 nitrogen and oxygen atoms in total. The Morgan fingerprint density at radius 2 is 2.25 bits per heavy atom. The Balaban J connectivity index is 0.00000121. The van der Waals surface area contributed by atoms with Crippen LogP contribution in [0.1, 0.15) is 12.8 Å². The number of carbonyl (C=O) groups is 1. The molecule has 3 unspecified atom stereocenters. The van der Waals surface area contributed by atoms with Gasteiger partial charge in [-0.25, -0.2) is 0 Å². The number of hydrogen-bond donors (Lipinski definition) is 3. The average Bonchev–Trinajstić information content (AvgIpc) is 2.67. The highest BCUT2D eigenvalue weighted by molar-refractivity contribution is 5.85. The molecule has 72 valence electrons. The monoisotopic (exact) mass is 195 g/mol. The number of carboxylic acids is 1. The van der Waals surface area contributed by atoms with E-state index >= 15 is 0 Å². The van der Waals surface area contributed by atoms with Gasteiger partial charge in [-0.2, -0.15) is 0 Å². The molecule has 1 aliphatic carbocycles. The SMILES string of the molecule is Cl.NC(CO)CC1CC1C(=O)O. The van der Waals surface area contributed by atoms with Gasteiger partial charge in [0.25, 0.3) is 0 Å². The second-order valence-corrected chi connectivity index (χ2v) is 3.12. The number of hydrogen-bond acceptors (Lipinski definition) is 3. The number of aliphatic hydroxyl groups is 1. The Labute approximate surface area is 77.2 Å². The minimum Gasteiger partial charge on any atom is -0.481 e. The van der Waals surface area contributed by atoms with Crippen molar-refractivity contribution in [2.45, 2.75) is 18.9 Å². The smallest absolute Gasteiger partial charge is 0.306 e. The van der Waals surface area contributed by atoms with Crippen LogP contribution in [0.5, 0.6) is 0 Å². The first kappa shape index (κ1) is 11.7. The maximum atomic E-state index is 10.3. The Morgan fingerprint density at radius 3 is 2.58 bits per heavy atom. The van der Waals surface area contributed by atoms with E-state index < -0.39 is 5.97 Å². The highest BCUT2D eigenvalue weighted by Gasteiger charge is 2.43. The Bertz CT molecular complexity index is 165. The zero-order valence-corrected chi connectivity index (χ0v) is 7.46. The molecule has 0 bridgehead atoms. The summed E-state index contributed by atoms with van der Waals surface area (Å²) >= 11 is 0. The fourth-order valence-corrected chi connectivity index (χ4v) is 1.27. The molecule has 0 saturated heterocycles. The standard InChI is InChI=1S/C7H13NO3.ClH/c8-5(3-9)1-4-2-6(4)7(10)11;/h4-6,9H,1-3,8H2,(H,10,11);1H. The molecule has 3 atom stereocenters. The molecule has 0 aromatic heterocycles. The predicted molar refractivity (Wildman–Crippen MR) is 46.2 cm³/mol. The summed E-state index contributed by atoms with van der Waals surface area (Å²) in [4.78, 5) is 10.3. The van der Waals surface area contributed by atoms with E-state index in [4.69, 9.17) is 15.9 Å². The van der Waals surface area contributed by atoms with Gasteiger partial charge in [0.1, 0.15) is 0 Å². The number of carboxylic acid groups (broad SMARTS) is 1. The third kappa shape index (κ3) is 2.97. The lowest BCUT2D eigenvalue weighted by molar-refractivity contribution is -0.138. The molecule has 0 spiro atoms. The van der Waals surface area contributed by atoms with Crippen LogP contribution in [0.25, 0.3) is 0 Å². The summed E-state index contributed by atoms with van der Waals surface area (Å²) in [5.74, 6) is -0.734. The first-order chi connectivity index (χ1) is 5.15. The van der Waals surface area contributed by atoms with Crippen molar-refractivity contribution in [1.29, 1.82) is 0 Å². The predicted octanol–water partition coefficient (Wildman–Crippen LogP) is -0.161. The normalized spacial score (nSPS) is 28.8. The van der Waals surface area contributed by atoms with E-state index in [2.05, 4.69) is 0 Å². The Kier molecular flexibility index (Phi) is 4.52. The number of halogens is 1. The molecule has 1 rings (SSSR count). The van der Waals surface area contributed by atoms with Crippen LogP contribution in [0, 0.1) is 11.8 Å². The second kappa shape index (κ2) is 4.64. The van der Waals surface area contributed by atoms with Crippen LogP contribution in [0.4, 0.5) is 0 Å². The summed E-state index contributed by atoms with van der Waals surface area (Å²) in [7, 11) is 0. The maximum absolute atomic E-state index is 10.3. The van der Waals surface area contributed by atoms with Crippen LogP contribution < -0.4 is 5.73 Å². The van der Waals surface area contributed by atoms with Crippen LogP contribution >= 0.6 is 12.4 Å². The fourth-order valence-electron chi connectivity index (χ4n) is 1.27. The minimum absolute atomic E-state index is 0. The van der Waals surface area contributed by atoms with Gasteiger partial charge in [0, 0.05) is 6.04 Å². The van der Waals surface area contributed by atoms with Crippen LogP contribution in [-0.4, -0.2) is 28.8 Å². The van der Waals surface area contributed by atoms with Crippen LogP contribution in [0.3, 0.4) is 0 Å². The molecular formula is C7H14ClNO3. The lowest BCUT2D eigenvalue weighted by atomic mass is 10.1. The van der Waals surface area contributed by atoms with E-state index in [0.717, 1.165) is 6.42 Å². The van der Waals surface area contributed by atoms with E-state index in [0.29, 0.717) is 6.42 Å². The molecule has 0 heterocycles. The van der Waals surface area contributed by atoms with Gasteiger partial charge in [-0.1, -0.05) is 0 Å². The van der Waals surface area contributed by atoms with Gasteiger partial charge in [-0.05, 0) is 18.8 Å². The molecule has 4 N–H and O–H groups in total. The van der Waals surface area contributed by atoms with Crippen molar-refractivity contribution in [3.63, 3.8) is 0 Å². The van der Waals surface area contributed by atoms with Gasteiger partial charge < -0.3 is 15.9 Å². The molecule has 5 heteroatoms. The number of aliphatic carboxylic acids is 1. The number of rotatable bonds is 4. The van der Waals surface area contributed by atoms with Crippen molar-refractivity contribution in [2.24, 2.45) is 17.6 Å². The van der Waals surface area contributed by atoms with Crippen molar-refractivity contribution < 1.29 is 15.0 Å². The molecule has 1 aliphatic rings. The summed E-state index contributed by atoms with van der Waals surface area (Å²) in [6.07, 6.45) is 1.36. The zero-order valence-electron chi connectivity index (χ0n) is 6.64. The van der Waals surface area contributed by atoms with Crippen molar-refractivity contribution in [3.05, 3.63) is 0 Å². The lowest BCUT2D eigenvalue weighted by Crippen LogP contribution is -2.25. The number of nitrogens with two attached hydrogens (primary N) is 1. The molecule has 0 aromatic carbocycles. The van der Waals surface area contributed by atoms with Gasteiger partial charge in [-0.15, -0.1) is 12.4 Å². The Hall–Kier alpha value is -0.320. The van der Waals surface area contributed by atoms with E-state index in [-0.39, 0.29) is 36.9 Å². The second-order valence-electron chi connectivity index (χ2n) is 3.12. The third-order valence-electron chi connectivity index (χ3n) is 2.08. The first-order valence-electron chi connectivity index (χ1n) is 3.74. The summed E-state index contributed by atoms with van der Waals surface area (Å²) in [6.45, 7) is -0.0527. The lowest BCUT2D eigenvalue weighted by Gasteiger charge is -2.05. The van der Waals surface area contributed by atoms with Gasteiger partial charge in [0.05, 0.1) is 12.5 Å². The van der Waals surface area contributed by atoms with E-state index in [1.807, 2.05) is 0 Å². The van der Waals surface area contributed by atoms with Crippen molar-refractivity contribution in [3.8, 4) is 0 Å². The minimum atomic E-state index is -0.736. The summed E-state index contributed by atoms with van der Waals surface area (Å²) < 4.78 is 0. The van der Waals surface area contributed by atoms with Crippen LogP contribution in [0.15, 0.2) is 0 Å². The van der Waals surface area contributed by atoms with Gasteiger partial charge >= 0.3 is 5.97 Å². The molecule has 0 radical (unpaired) electrons. The van der Waals surface area contributed by atoms with Crippen molar-refractivity contribution in [1.82, 2.24) is 0 Å². The van der Waals surface area contributed by atoms with Crippen molar-refractivity contribution >= 4 is 18.4 Å². The van der Waals surface area contributed by atoms with E-state index in [1.54, 1.807) is 0 Å². The topological polar surface area (TPSA) is 83.5 Å². The van der Waals surface area contributed by atoms with Gasteiger partial charge in [0.2, 0.25) is 0 Å². The van der Waals surface area contributed by atoms with Crippen LogP contribution in [0.2, 0.25) is 0 Å². The molecule has 12 heavy (non-hydrogen) atoms.